The molecular formula is C22H19N3O4S. The minimum Gasteiger partial charge on any atom is -0.258 e. The van der Waals surface area contributed by atoms with Crippen molar-refractivity contribution in [2.45, 2.75) is 11.3 Å². The molecule has 0 saturated heterocycles. The molecule has 152 valence electrons. The SMILES string of the molecule is C=C(C/C(=N/NS(=O)(=O)c1ccc([N+](=O)[O-])cc1)c1ccccc1)c1ccccc1. The molecule has 0 unspecified atom stereocenters. The Morgan fingerprint density at radius 1 is 0.900 bits per heavy atom. The molecule has 0 heterocycles. The van der Waals surface area contributed by atoms with Crippen LogP contribution < -0.4 is 4.83 Å². The second-order valence-corrected chi connectivity index (χ2v) is 8.08. The van der Waals surface area contributed by atoms with Crippen LogP contribution in [-0.4, -0.2) is 19.1 Å². The Morgan fingerprint density at radius 2 is 1.43 bits per heavy atom. The molecule has 0 spiro atoms. The Kier molecular flexibility index (Phi) is 6.38. The van der Waals surface area contributed by atoms with Gasteiger partial charge >= 0.3 is 0 Å². The molecule has 1 N–H and O–H groups in total. The summed E-state index contributed by atoms with van der Waals surface area (Å²) in [6.07, 6.45) is 0.330. The van der Waals surface area contributed by atoms with Gasteiger partial charge in [0.15, 0.2) is 0 Å². The fraction of sp³-hybridized carbons (Fsp3) is 0.0455. The van der Waals surface area contributed by atoms with Gasteiger partial charge in [0.05, 0.1) is 15.5 Å². The topological polar surface area (TPSA) is 102 Å². The lowest BCUT2D eigenvalue weighted by Crippen LogP contribution is -2.21. The van der Waals surface area contributed by atoms with Gasteiger partial charge in [0.1, 0.15) is 0 Å². The highest BCUT2D eigenvalue weighted by atomic mass is 32.2. The largest absolute Gasteiger partial charge is 0.276 e. The minimum absolute atomic E-state index is 0.119. The van der Waals surface area contributed by atoms with Gasteiger partial charge in [-0.2, -0.15) is 18.4 Å². The number of hydrazone groups is 1. The predicted octanol–water partition coefficient (Wildman–Crippen LogP) is 4.38. The number of nitro benzene ring substituents is 1. The fourth-order valence-electron chi connectivity index (χ4n) is 2.73. The maximum absolute atomic E-state index is 12.6. The molecule has 30 heavy (non-hydrogen) atoms. The molecule has 3 aromatic rings. The Labute approximate surface area is 174 Å². The standard InChI is InChI=1S/C22H19N3O4S/c1-17(18-8-4-2-5-9-18)16-22(19-10-6-3-7-11-19)23-24-30(28,29)21-14-12-20(13-15-21)25(26)27/h2-15,24H,1,16H2/b23-22-. The highest BCUT2D eigenvalue weighted by Crippen LogP contribution is 2.20. The van der Waals surface area contributed by atoms with E-state index in [1.54, 1.807) is 0 Å². The zero-order valence-corrected chi connectivity index (χ0v) is 16.7. The number of hydrogen-bond donors (Lipinski definition) is 1. The zero-order chi connectivity index (χ0) is 21.6. The molecule has 0 bridgehead atoms. The summed E-state index contributed by atoms with van der Waals surface area (Å²) in [5.41, 5.74) is 2.77. The van der Waals surface area contributed by atoms with E-state index in [4.69, 9.17) is 0 Å². The van der Waals surface area contributed by atoms with Crippen LogP contribution in [0, 0.1) is 10.1 Å². The van der Waals surface area contributed by atoms with Gasteiger partial charge in [-0.25, -0.2) is 0 Å². The number of nitro groups is 1. The van der Waals surface area contributed by atoms with Crippen LogP contribution in [0.1, 0.15) is 17.5 Å². The fourth-order valence-corrected chi connectivity index (χ4v) is 3.56. The van der Waals surface area contributed by atoms with E-state index in [0.717, 1.165) is 28.8 Å². The summed E-state index contributed by atoms with van der Waals surface area (Å²) >= 11 is 0. The maximum Gasteiger partial charge on any atom is 0.276 e. The van der Waals surface area contributed by atoms with Gasteiger partial charge in [-0.1, -0.05) is 67.2 Å². The van der Waals surface area contributed by atoms with Crippen molar-refractivity contribution in [3.63, 3.8) is 0 Å². The Hall–Kier alpha value is -3.78. The number of benzene rings is 3. The third-order valence-corrected chi connectivity index (χ3v) is 5.55. The van der Waals surface area contributed by atoms with Crippen molar-refractivity contribution in [1.82, 2.24) is 4.83 Å². The molecule has 0 fully saturated rings. The molecule has 0 aliphatic heterocycles. The quantitative estimate of drug-likeness (QED) is 0.331. The summed E-state index contributed by atoms with van der Waals surface area (Å²) in [5, 5.41) is 14.9. The molecule has 0 aliphatic carbocycles. The van der Waals surface area contributed by atoms with E-state index in [-0.39, 0.29) is 10.6 Å². The van der Waals surface area contributed by atoms with Gasteiger partial charge < -0.3 is 0 Å². The lowest BCUT2D eigenvalue weighted by atomic mass is 9.98. The molecule has 3 rings (SSSR count). The molecule has 0 atom stereocenters. The van der Waals surface area contributed by atoms with Gasteiger partial charge in [0.25, 0.3) is 15.7 Å². The molecule has 7 nitrogen and oxygen atoms in total. The van der Waals surface area contributed by atoms with E-state index in [1.165, 1.54) is 12.1 Å². The van der Waals surface area contributed by atoms with E-state index in [2.05, 4.69) is 16.5 Å². The van der Waals surface area contributed by atoms with E-state index >= 15 is 0 Å². The predicted molar refractivity (Wildman–Crippen MR) is 116 cm³/mol. The Morgan fingerprint density at radius 3 is 1.97 bits per heavy atom. The number of rotatable bonds is 8. The first-order valence-electron chi connectivity index (χ1n) is 8.98. The van der Waals surface area contributed by atoms with Crippen molar-refractivity contribution in [1.29, 1.82) is 0 Å². The number of sulfonamides is 1. The van der Waals surface area contributed by atoms with Crippen LogP contribution in [0.15, 0.2) is 102 Å². The van der Waals surface area contributed by atoms with E-state index in [0.29, 0.717) is 12.1 Å². The van der Waals surface area contributed by atoms with E-state index < -0.39 is 14.9 Å². The molecule has 0 saturated carbocycles. The number of hydrogen-bond acceptors (Lipinski definition) is 5. The molecule has 0 aliphatic rings. The molecular weight excluding hydrogens is 402 g/mol. The van der Waals surface area contributed by atoms with Crippen molar-refractivity contribution in [3.8, 4) is 0 Å². The van der Waals surface area contributed by atoms with Gasteiger partial charge in [0.2, 0.25) is 0 Å². The average molecular weight is 421 g/mol. The Balaban J connectivity index is 1.87. The zero-order valence-electron chi connectivity index (χ0n) is 15.9. The van der Waals surface area contributed by atoms with E-state index in [1.807, 2.05) is 60.7 Å². The number of nitrogens with zero attached hydrogens (tertiary/aromatic N) is 2. The average Bonchev–Trinajstić information content (AvgIpc) is 2.77. The molecule has 0 amide bonds. The monoisotopic (exact) mass is 421 g/mol. The minimum atomic E-state index is -4.00. The van der Waals surface area contributed by atoms with Crippen LogP contribution in [0.2, 0.25) is 0 Å². The van der Waals surface area contributed by atoms with Crippen molar-refractivity contribution in [3.05, 3.63) is 113 Å². The van der Waals surface area contributed by atoms with Gasteiger partial charge in [-0.15, -0.1) is 0 Å². The van der Waals surface area contributed by atoms with Crippen LogP contribution in [0.25, 0.3) is 5.57 Å². The van der Waals surface area contributed by atoms with Crippen LogP contribution in [0.3, 0.4) is 0 Å². The lowest BCUT2D eigenvalue weighted by Gasteiger charge is -2.11. The smallest absolute Gasteiger partial charge is 0.258 e. The molecule has 3 aromatic carbocycles. The summed E-state index contributed by atoms with van der Waals surface area (Å²) in [6, 6.07) is 23.3. The second kappa shape index (κ2) is 9.15. The first-order valence-corrected chi connectivity index (χ1v) is 10.5. The van der Waals surface area contributed by atoms with Gasteiger partial charge in [-0.3, -0.25) is 10.1 Å². The Bertz CT molecular complexity index is 1170. The second-order valence-electron chi connectivity index (χ2n) is 6.42. The molecule has 0 radical (unpaired) electrons. The van der Waals surface area contributed by atoms with Crippen LogP contribution >= 0.6 is 0 Å². The molecule has 8 heteroatoms. The van der Waals surface area contributed by atoms with Crippen LogP contribution in [0.5, 0.6) is 0 Å². The van der Waals surface area contributed by atoms with Crippen molar-refractivity contribution in [2.24, 2.45) is 5.10 Å². The van der Waals surface area contributed by atoms with Crippen molar-refractivity contribution in [2.75, 3.05) is 0 Å². The summed E-state index contributed by atoms with van der Waals surface area (Å²) in [7, 11) is -4.00. The molecule has 0 aromatic heterocycles. The summed E-state index contributed by atoms with van der Waals surface area (Å²) in [5.74, 6) is 0. The third kappa shape index (κ3) is 5.18. The third-order valence-electron chi connectivity index (χ3n) is 4.33. The summed E-state index contributed by atoms with van der Waals surface area (Å²) in [6.45, 7) is 4.10. The highest BCUT2D eigenvalue weighted by Gasteiger charge is 2.16. The number of non-ortho nitro benzene ring substituents is 1. The first-order chi connectivity index (χ1) is 14.4. The van der Waals surface area contributed by atoms with Crippen LogP contribution in [0.4, 0.5) is 5.69 Å². The van der Waals surface area contributed by atoms with Gasteiger partial charge in [0, 0.05) is 18.6 Å². The van der Waals surface area contributed by atoms with Crippen molar-refractivity contribution < 1.29 is 13.3 Å². The number of allylic oxidation sites excluding steroid dienone is 1. The number of nitrogens with one attached hydrogen (secondary N) is 1. The van der Waals surface area contributed by atoms with E-state index in [9.17, 15) is 18.5 Å². The lowest BCUT2D eigenvalue weighted by molar-refractivity contribution is -0.384. The van der Waals surface area contributed by atoms with Gasteiger partial charge in [-0.05, 0) is 28.8 Å². The van der Waals surface area contributed by atoms with Crippen LogP contribution in [-0.2, 0) is 10.0 Å². The normalized spacial score (nSPS) is 11.7. The van der Waals surface area contributed by atoms with Crippen molar-refractivity contribution >= 4 is 27.0 Å². The highest BCUT2D eigenvalue weighted by molar-refractivity contribution is 7.89. The first kappa shape index (κ1) is 20.9. The maximum atomic E-state index is 12.6. The summed E-state index contributed by atoms with van der Waals surface area (Å²) in [4.78, 5) is 12.3. The summed E-state index contributed by atoms with van der Waals surface area (Å²) < 4.78 is 25.2.